The van der Waals surface area contributed by atoms with Gasteiger partial charge in [-0.25, -0.2) is 0 Å². The molecule has 78 valence electrons. The Hall–Kier alpha value is -0.840. The van der Waals surface area contributed by atoms with Crippen molar-refractivity contribution in [2.75, 3.05) is 14.2 Å². The maximum absolute atomic E-state index is 5.03. The summed E-state index contributed by atoms with van der Waals surface area (Å²) in [7, 11) is 3.15. The molecule has 1 aromatic heterocycles. The average molecular weight is 261 g/mol. The molecule has 0 saturated carbocycles. The van der Waals surface area contributed by atoms with Gasteiger partial charge in [-0.05, 0) is 0 Å². The Labute approximate surface area is 91.8 Å². The molecular weight excluding hydrogens is 248 g/mol. The quantitative estimate of drug-likeness (QED) is 0.775. The van der Waals surface area contributed by atoms with E-state index in [0.29, 0.717) is 22.4 Å². The van der Waals surface area contributed by atoms with Gasteiger partial charge < -0.3 is 9.47 Å². The molecule has 0 aliphatic rings. The number of ether oxygens (including phenoxy) is 2. The van der Waals surface area contributed by atoms with Gasteiger partial charge in [-0.15, -0.1) is 0 Å². The summed E-state index contributed by atoms with van der Waals surface area (Å²) < 4.78 is 10.1. The fourth-order valence-electron chi connectivity index (χ4n) is 1.00. The minimum absolute atomic E-state index is 0.333. The number of aromatic nitrogens is 2. The molecule has 0 spiro atoms. The van der Waals surface area contributed by atoms with Crippen molar-refractivity contribution < 1.29 is 9.47 Å². The van der Waals surface area contributed by atoms with Crippen LogP contribution >= 0.6 is 15.9 Å². The maximum atomic E-state index is 5.03. The van der Waals surface area contributed by atoms with E-state index in [1.54, 1.807) is 20.3 Å². The van der Waals surface area contributed by atoms with Crippen molar-refractivity contribution in [1.29, 1.82) is 0 Å². The summed E-state index contributed by atoms with van der Waals surface area (Å²) in [5.74, 6) is 1.77. The Morgan fingerprint density at radius 1 is 1.29 bits per heavy atom. The Bertz CT molecular complexity index is 283. The highest BCUT2D eigenvalue weighted by Gasteiger charge is 2.07. The minimum atomic E-state index is 0.333. The molecule has 14 heavy (non-hydrogen) atoms. The number of hydrogen-bond acceptors (Lipinski definition) is 4. The molecule has 1 aromatic rings. The Morgan fingerprint density at radius 3 is 2.14 bits per heavy atom. The summed E-state index contributed by atoms with van der Waals surface area (Å²) in [5.41, 5.74) is 0. The van der Waals surface area contributed by atoms with Gasteiger partial charge >= 0.3 is 0 Å². The zero-order valence-corrected chi connectivity index (χ0v) is 10.0. The number of rotatable bonds is 4. The first kappa shape index (κ1) is 11.2. The van der Waals surface area contributed by atoms with E-state index >= 15 is 0 Å². The first-order valence-electron chi connectivity index (χ1n) is 4.25. The zero-order chi connectivity index (χ0) is 10.6. The number of nitrogens with zero attached hydrogens (tertiary/aromatic N) is 2. The third kappa shape index (κ3) is 3.14. The maximum Gasteiger partial charge on any atom is 0.220 e. The molecule has 0 saturated heterocycles. The first-order chi connectivity index (χ1) is 6.65. The lowest BCUT2D eigenvalue weighted by atomic mass is 10.3. The standard InChI is InChI=1S/C9H13BrN2O2/c1-6(10)4-7-11-8(13-2)5-9(12-7)14-3/h5-6H,4H2,1-3H3. The fraction of sp³-hybridized carbons (Fsp3) is 0.556. The zero-order valence-electron chi connectivity index (χ0n) is 8.45. The van der Waals surface area contributed by atoms with Gasteiger partial charge in [0, 0.05) is 11.2 Å². The highest BCUT2D eigenvalue weighted by molar-refractivity contribution is 9.09. The van der Waals surface area contributed by atoms with E-state index in [4.69, 9.17) is 9.47 Å². The van der Waals surface area contributed by atoms with Crippen LogP contribution in [0.5, 0.6) is 11.8 Å². The van der Waals surface area contributed by atoms with Crippen LogP contribution in [0.25, 0.3) is 0 Å². The van der Waals surface area contributed by atoms with Gasteiger partial charge in [-0.1, -0.05) is 22.9 Å². The number of hydrogen-bond donors (Lipinski definition) is 0. The van der Waals surface area contributed by atoms with E-state index in [0.717, 1.165) is 6.42 Å². The fourth-order valence-corrected chi connectivity index (χ4v) is 1.29. The third-order valence-corrected chi connectivity index (χ3v) is 1.93. The van der Waals surface area contributed by atoms with Crippen LogP contribution in [-0.2, 0) is 6.42 Å². The molecule has 5 heteroatoms. The van der Waals surface area contributed by atoms with Crippen LogP contribution in [0, 0.1) is 0 Å². The van der Waals surface area contributed by atoms with E-state index < -0.39 is 0 Å². The van der Waals surface area contributed by atoms with Crippen molar-refractivity contribution in [1.82, 2.24) is 9.97 Å². The Balaban J connectivity index is 2.92. The van der Waals surface area contributed by atoms with Gasteiger partial charge in [0.25, 0.3) is 0 Å². The van der Waals surface area contributed by atoms with Crippen molar-refractivity contribution in [3.63, 3.8) is 0 Å². The van der Waals surface area contributed by atoms with Gasteiger partial charge in [0.1, 0.15) is 5.82 Å². The van der Waals surface area contributed by atoms with Gasteiger partial charge in [-0.2, -0.15) is 9.97 Å². The van der Waals surface area contributed by atoms with Crippen LogP contribution in [0.3, 0.4) is 0 Å². The SMILES string of the molecule is COc1cc(OC)nc(CC(C)Br)n1. The summed E-state index contributed by atoms with van der Waals surface area (Å²) in [6, 6.07) is 1.66. The predicted octanol–water partition coefficient (Wildman–Crippen LogP) is 1.82. The van der Waals surface area contributed by atoms with Crippen LogP contribution in [0.2, 0.25) is 0 Å². The van der Waals surface area contributed by atoms with Gasteiger partial charge in [0.2, 0.25) is 11.8 Å². The molecule has 4 nitrogen and oxygen atoms in total. The second-order valence-electron chi connectivity index (χ2n) is 2.85. The van der Waals surface area contributed by atoms with Crippen molar-refractivity contribution in [3.8, 4) is 11.8 Å². The first-order valence-corrected chi connectivity index (χ1v) is 5.17. The Kier molecular flexibility index (Phi) is 4.13. The molecule has 1 rings (SSSR count). The number of alkyl halides is 1. The number of methoxy groups -OCH3 is 2. The lowest BCUT2D eigenvalue weighted by molar-refractivity contribution is 0.368. The molecule has 1 atom stereocenters. The highest BCUT2D eigenvalue weighted by Crippen LogP contribution is 2.16. The van der Waals surface area contributed by atoms with Crippen LogP contribution in [-0.4, -0.2) is 29.0 Å². The largest absolute Gasteiger partial charge is 0.481 e. The Morgan fingerprint density at radius 2 is 1.79 bits per heavy atom. The molecule has 0 bridgehead atoms. The molecule has 1 heterocycles. The monoisotopic (exact) mass is 260 g/mol. The molecule has 0 radical (unpaired) electrons. The number of halogens is 1. The lowest BCUT2D eigenvalue weighted by Crippen LogP contribution is -2.05. The van der Waals surface area contributed by atoms with Crippen LogP contribution in [0.4, 0.5) is 0 Å². The van der Waals surface area contributed by atoms with E-state index in [9.17, 15) is 0 Å². The molecule has 0 N–H and O–H groups in total. The summed E-state index contributed by atoms with van der Waals surface area (Å²) in [5, 5.41) is 0. The smallest absolute Gasteiger partial charge is 0.220 e. The topological polar surface area (TPSA) is 44.2 Å². The van der Waals surface area contributed by atoms with E-state index in [1.807, 2.05) is 6.92 Å². The highest BCUT2D eigenvalue weighted by atomic mass is 79.9. The second-order valence-corrected chi connectivity index (χ2v) is 4.42. The minimum Gasteiger partial charge on any atom is -0.481 e. The molecule has 0 aromatic carbocycles. The molecule has 0 aliphatic carbocycles. The van der Waals surface area contributed by atoms with Crippen LogP contribution in [0.1, 0.15) is 12.7 Å². The molecular formula is C9H13BrN2O2. The summed E-state index contributed by atoms with van der Waals surface area (Å²) in [4.78, 5) is 8.73. The third-order valence-electron chi connectivity index (χ3n) is 1.61. The van der Waals surface area contributed by atoms with Gasteiger partial charge in [0.05, 0.1) is 20.3 Å². The normalized spacial score (nSPS) is 12.3. The van der Waals surface area contributed by atoms with Gasteiger partial charge in [0.15, 0.2) is 0 Å². The van der Waals surface area contributed by atoms with Crippen LogP contribution < -0.4 is 9.47 Å². The van der Waals surface area contributed by atoms with Crippen LogP contribution in [0.15, 0.2) is 6.07 Å². The van der Waals surface area contributed by atoms with Crippen molar-refractivity contribution >= 4 is 15.9 Å². The molecule has 0 aliphatic heterocycles. The van der Waals surface area contributed by atoms with E-state index in [2.05, 4.69) is 25.9 Å². The van der Waals surface area contributed by atoms with Crippen molar-refractivity contribution in [2.24, 2.45) is 0 Å². The average Bonchev–Trinajstić information content (AvgIpc) is 2.16. The second kappa shape index (κ2) is 5.14. The van der Waals surface area contributed by atoms with Gasteiger partial charge in [-0.3, -0.25) is 0 Å². The lowest BCUT2D eigenvalue weighted by Gasteiger charge is -2.06. The molecule has 0 amide bonds. The summed E-state index contributed by atoms with van der Waals surface area (Å²) in [6.45, 7) is 2.04. The van der Waals surface area contributed by atoms with Crippen molar-refractivity contribution in [3.05, 3.63) is 11.9 Å². The summed E-state index contributed by atoms with van der Waals surface area (Å²) in [6.07, 6.45) is 0.744. The van der Waals surface area contributed by atoms with E-state index in [-0.39, 0.29) is 0 Å². The van der Waals surface area contributed by atoms with E-state index in [1.165, 1.54) is 0 Å². The van der Waals surface area contributed by atoms with Crippen molar-refractivity contribution in [2.45, 2.75) is 18.2 Å². The molecule has 0 fully saturated rings. The predicted molar refractivity (Wildman–Crippen MR) is 57.2 cm³/mol. The summed E-state index contributed by atoms with van der Waals surface area (Å²) >= 11 is 3.44. The molecule has 1 unspecified atom stereocenters.